The maximum absolute atomic E-state index is 11.1. The molecule has 0 fully saturated rings. The first-order valence-electron chi connectivity index (χ1n) is 3.68. The van der Waals surface area contributed by atoms with Crippen LogP contribution in [0.1, 0.15) is 12.8 Å². The Morgan fingerprint density at radius 3 is 3.17 bits per heavy atom. The van der Waals surface area contributed by atoms with Gasteiger partial charge in [-0.2, -0.15) is 0 Å². The summed E-state index contributed by atoms with van der Waals surface area (Å²) in [4.78, 5) is 15.1. The summed E-state index contributed by atoms with van der Waals surface area (Å²) in [5, 5.41) is 0. The summed E-state index contributed by atoms with van der Waals surface area (Å²) in [5.74, 6) is -0.0523. The van der Waals surface area contributed by atoms with Gasteiger partial charge in [0.2, 0.25) is 0 Å². The molecule has 1 aliphatic rings. The highest BCUT2D eigenvalue weighted by atomic mass is 35.5. The van der Waals surface area contributed by atoms with Crippen LogP contribution in [0, 0.1) is 0 Å². The normalized spacial score (nSPS) is 16.5. The molecule has 0 unspecified atom stereocenters. The average Bonchev–Trinajstić information content (AvgIpc) is 2.16. The topological polar surface area (TPSA) is 38.7 Å². The van der Waals surface area contributed by atoms with Crippen molar-refractivity contribution in [2.45, 2.75) is 12.8 Å². The zero-order chi connectivity index (χ0) is 8.97. The third-order valence-electron chi connectivity index (χ3n) is 1.68. The molecule has 4 heteroatoms. The molecular formula is C8H10ClNO2. The van der Waals surface area contributed by atoms with Gasteiger partial charge in [0.25, 0.3) is 0 Å². The number of allylic oxidation sites excluding steroid dienone is 1. The fraction of sp³-hybridized carbons (Fsp3) is 0.500. The third-order valence-corrected chi connectivity index (χ3v) is 1.93. The van der Waals surface area contributed by atoms with E-state index in [1.165, 1.54) is 7.11 Å². The molecule has 1 rings (SSSR count). The fourth-order valence-electron chi connectivity index (χ4n) is 1.06. The highest BCUT2D eigenvalue weighted by molar-refractivity contribution is 6.20. The zero-order valence-corrected chi connectivity index (χ0v) is 7.60. The minimum atomic E-state index is -0.317. The number of carbonyl (C=O) groups is 1. The second-order valence-corrected chi connectivity index (χ2v) is 2.67. The van der Waals surface area contributed by atoms with E-state index in [0.717, 1.165) is 6.42 Å². The fourth-order valence-corrected chi connectivity index (χ4v) is 1.29. The minimum absolute atomic E-state index is 0.265. The Kier molecular flexibility index (Phi) is 3.29. The van der Waals surface area contributed by atoms with Gasteiger partial charge in [-0.05, 0) is 12.8 Å². The van der Waals surface area contributed by atoms with Crippen LogP contribution < -0.4 is 0 Å². The molecule has 0 aromatic rings. The molecule has 0 radical (unpaired) electrons. The first-order valence-corrected chi connectivity index (χ1v) is 4.22. The molecule has 0 aromatic carbocycles. The van der Waals surface area contributed by atoms with Crippen LogP contribution >= 0.6 is 11.6 Å². The Labute approximate surface area is 76.1 Å². The van der Waals surface area contributed by atoms with E-state index in [-0.39, 0.29) is 11.8 Å². The molecule has 0 bridgehead atoms. The summed E-state index contributed by atoms with van der Waals surface area (Å²) in [6.45, 7) is 0. The number of esters is 1. The van der Waals surface area contributed by atoms with Crippen LogP contribution in [0.4, 0.5) is 0 Å². The molecule has 0 aliphatic carbocycles. The first-order chi connectivity index (χ1) is 5.79. The molecule has 1 heterocycles. The van der Waals surface area contributed by atoms with Crippen LogP contribution in [0.3, 0.4) is 0 Å². The SMILES string of the molecule is COC(=O)C1=C(CCl)N=CCC1. The lowest BCUT2D eigenvalue weighted by Gasteiger charge is -2.10. The van der Waals surface area contributed by atoms with Crippen molar-refractivity contribution >= 4 is 23.8 Å². The van der Waals surface area contributed by atoms with Crippen molar-refractivity contribution < 1.29 is 9.53 Å². The summed E-state index contributed by atoms with van der Waals surface area (Å²) in [5.41, 5.74) is 1.24. The van der Waals surface area contributed by atoms with Crippen LogP contribution in [0.25, 0.3) is 0 Å². The van der Waals surface area contributed by atoms with Crippen LogP contribution in [0.2, 0.25) is 0 Å². The number of rotatable bonds is 2. The van der Waals surface area contributed by atoms with Gasteiger partial charge in [-0.25, -0.2) is 4.79 Å². The van der Waals surface area contributed by atoms with Crippen LogP contribution in [0.15, 0.2) is 16.3 Å². The Morgan fingerprint density at radius 2 is 2.58 bits per heavy atom. The van der Waals surface area contributed by atoms with E-state index >= 15 is 0 Å². The Bertz CT molecular complexity index is 245. The first kappa shape index (κ1) is 9.26. The second kappa shape index (κ2) is 4.26. The standard InChI is InChI=1S/C8H10ClNO2/c1-12-8(11)6-3-2-4-10-7(6)5-9/h4H,2-3,5H2,1H3. The number of hydrogen-bond donors (Lipinski definition) is 0. The minimum Gasteiger partial charge on any atom is -0.466 e. The summed E-state index contributed by atoms with van der Waals surface area (Å²) in [6, 6.07) is 0. The monoisotopic (exact) mass is 187 g/mol. The molecular weight excluding hydrogens is 178 g/mol. The number of alkyl halides is 1. The average molecular weight is 188 g/mol. The number of hydrogen-bond acceptors (Lipinski definition) is 3. The van der Waals surface area contributed by atoms with Gasteiger partial charge in [0, 0.05) is 6.21 Å². The van der Waals surface area contributed by atoms with E-state index in [9.17, 15) is 4.79 Å². The lowest BCUT2D eigenvalue weighted by molar-refractivity contribution is -0.136. The molecule has 0 atom stereocenters. The van der Waals surface area contributed by atoms with E-state index < -0.39 is 0 Å². The molecule has 0 aromatic heterocycles. The summed E-state index contributed by atoms with van der Waals surface area (Å²) in [7, 11) is 1.36. The Morgan fingerprint density at radius 1 is 1.83 bits per heavy atom. The lowest BCUT2D eigenvalue weighted by atomic mass is 10.1. The van der Waals surface area contributed by atoms with E-state index in [4.69, 9.17) is 11.6 Å². The largest absolute Gasteiger partial charge is 0.466 e. The smallest absolute Gasteiger partial charge is 0.335 e. The predicted molar refractivity (Wildman–Crippen MR) is 47.5 cm³/mol. The van der Waals surface area contributed by atoms with E-state index in [1.54, 1.807) is 6.21 Å². The van der Waals surface area contributed by atoms with E-state index in [2.05, 4.69) is 9.73 Å². The van der Waals surface area contributed by atoms with Crippen LogP contribution in [-0.4, -0.2) is 25.2 Å². The van der Waals surface area contributed by atoms with Gasteiger partial charge in [0.05, 0.1) is 24.3 Å². The molecule has 3 nitrogen and oxygen atoms in total. The third kappa shape index (κ3) is 1.85. The highest BCUT2D eigenvalue weighted by Gasteiger charge is 2.16. The number of carbonyl (C=O) groups excluding carboxylic acids is 1. The Balaban J connectivity index is 2.88. The number of aliphatic imine (C=N–C) groups is 1. The van der Waals surface area contributed by atoms with Crippen molar-refractivity contribution in [3.05, 3.63) is 11.3 Å². The number of nitrogens with zero attached hydrogens (tertiary/aromatic N) is 1. The highest BCUT2D eigenvalue weighted by Crippen LogP contribution is 2.18. The molecule has 0 amide bonds. The van der Waals surface area contributed by atoms with Crippen molar-refractivity contribution in [3.63, 3.8) is 0 Å². The van der Waals surface area contributed by atoms with Crippen molar-refractivity contribution in [2.75, 3.05) is 13.0 Å². The summed E-state index contributed by atoms with van der Waals surface area (Å²) >= 11 is 5.60. The lowest BCUT2D eigenvalue weighted by Crippen LogP contribution is -2.11. The maximum Gasteiger partial charge on any atom is 0.335 e. The van der Waals surface area contributed by atoms with E-state index in [1.807, 2.05) is 0 Å². The van der Waals surface area contributed by atoms with Gasteiger partial charge in [0.15, 0.2) is 0 Å². The Hall–Kier alpha value is -0.830. The summed E-state index contributed by atoms with van der Waals surface area (Å²) in [6.07, 6.45) is 3.23. The van der Waals surface area contributed by atoms with E-state index in [0.29, 0.717) is 17.7 Å². The number of ether oxygens (including phenoxy) is 1. The van der Waals surface area contributed by atoms with Crippen LogP contribution in [0.5, 0.6) is 0 Å². The van der Waals surface area contributed by atoms with Gasteiger partial charge in [0.1, 0.15) is 0 Å². The van der Waals surface area contributed by atoms with Gasteiger partial charge in [-0.15, -0.1) is 11.6 Å². The van der Waals surface area contributed by atoms with Crippen molar-refractivity contribution in [1.29, 1.82) is 0 Å². The van der Waals surface area contributed by atoms with Gasteiger partial charge in [-0.3, -0.25) is 4.99 Å². The van der Waals surface area contributed by atoms with Crippen LogP contribution in [-0.2, 0) is 9.53 Å². The quantitative estimate of drug-likeness (QED) is 0.486. The van der Waals surface area contributed by atoms with Crippen molar-refractivity contribution in [1.82, 2.24) is 0 Å². The molecule has 0 saturated heterocycles. The van der Waals surface area contributed by atoms with Gasteiger partial charge < -0.3 is 4.74 Å². The second-order valence-electron chi connectivity index (χ2n) is 2.40. The van der Waals surface area contributed by atoms with Gasteiger partial charge >= 0.3 is 5.97 Å². The zero-order valence-electron chi connectivity index (χ0n) is 6.84. The summed E-state index contributed by atoms with van der Waals surface area (Å²) < 4.78 is 4.59. The van der Waals surface area contributed by atoms with Crippen molar-refractivity contribution in [3.8, 4) is 0 Å². The van der Waals surface area contributed by atoms with Crippen molar-refractivity contribution in [2.24, 2.45) is 4.99 Å². The maximum atomic E-state index is 11.1. The molecule has 0 spiro atoms. The number of halogens is 1. The molecule has 66 valence electrons. The molecule has 1 aliphatic heterocycles. The molecule has 0 N–H and O–H groups in total. The number of methoxy groups -OCH3 is 1. The predicted octanol–water partition coefficient (Wildman–Crippen LogP) is 1.52. The molecule has 0 saturated carbocycles. The molecule has 12 heavy (non-hydrogen) atoms. The van der Waals surface area contributed by atoms with Gasteiger partial charge in [-0.1, -0.05) is 0 Å².